The number of hydrogen-bond acceptors (Lipinski definition) is 4. The second-order valence-electron chi connectivity index (χ2n) is 6.84. The van der Waals surface area contributed by atoms with Crippen LogP contribution < -0.4 is 4.90 Å². The van der Waals surface area contributed by atoms with E-state index in [0.29, 0.717) is 0 Å². The maximum atomic E-state index is 4.60. The van der Waals surface area contributed by atoms with Crippen molar-refractivity contribution in [3.05, 3.63) is 89.5 Å². The summed E-state index contributed by atoms with van der Waals surface area (Å²) in [7, 11) is 4.02. The van der Waals surface area contributed by atoms with Gasteiger partial charge < -0.3 is 18.9 Å². The lowest BCUT2D eigenvalue weighted by Gasteiger charge is -2.25. The first-order valence-corrected chi connectivity index (χ1v) is 9.57. The van der Waals surface area contributed by atoms with Gasteiger partial charge in [0.2, 0.25) is 0 Å². The monoisotopic (exact) mass is 391 g/mol. The third kappa shape index (κ3) is 6.75. The molecular weight excluding hydrogens is 361 g/mol. The van der Waals surface area contributed by atoms with Crippen LogP contribution in [0, 0.1) is 20.8 Å². The number of aryl methyl sites for hydroxylation is 3. The van der Waals surface area contributed by atoms with Crippen molar-refractivity contribution in [2.45, 2.75) is 20.8 Å². The van der Waals surface area contributed by atoms with E-state index in [0.717, 1.165) is 0 Å². The average molecular weight is 391 g/mol. The van der Waals surface area contributed by atoms with Gasteiger partial charge in [0.1, 0.15) is 0 Å². The number of anilines is 3. The van der Waals surface area contributed by atoms with Gasteiger partial charge >= 0.3 is 7.32 Å². The highest BCUT2D eigenvalue weighted by Gasteiger charge is 2.13. The van der Waals surface area contributed by atoms with Gasteiger partial charge in [0, 0.05) is 38.4 Å². The lowest BCUT2D eigenvalue weighted by Crippen LogP contribution is -2.21. The minimum atomic E-state index is -0.514. The summed E-state index contributed by atoms with van der Waals surface area (Å²) in [6, 6.07) is 26.0. The number of benzene rings is 3. The highest BCUT2D eigenvalue weighted by molar-refractivity contribution is 6.36. The molecule has 0 spiro atoms. The van der Waals surface area contributed by atoms with Crippen molar-refractivity contribution in [3.63, 3.8) is 0 Å². The van der Waals surface area contributed by atoms with Crippen molar-refractivity contribution in [1.82, 2.24) is 0 Å². The van der Waals surface area contributed by atoms with Gasteiger partial charge in [-0.15, -0.1) is 0 Å². The molecule has 0 aromatic heterocycles. The van der Waals surface area contributed by atoms with Crippen molar-refractivity contribution >= 4 is 24.4 Å². The average Bonchev–Trinajstić information content (AvgIpc) is 2.74. The predicted octanol–water partition coefficient (Wildman–Crippen LogP) is 5.99. The van der Waals surface area contributed by atoms with Crippen LogP contribution >= 0.6 is 0 Å². The summed E-state index contributed by atoms with van der Waals surface area (Å²) in [4.78, 5) is 2.29. The Bertz CT molecular complexity index is 731. The zero-order valence-electron chi connectivity index (χ0n) is 18.2. The first-order valence-electron chi connectivity index (χ1n) is 9.57. The van der Waals surface area contributed by atoms with E-state index in [1.807, 2.05) is 0 Å². The molecule has 152 valence electrons. The molecule has 0 saturated carbocycles. The molecule has 0 unspecified atom stereocenters. The van der Waals surface area contributed by atoms with Gasteiger partial charge in [-0.2, -0.15) is 0 Å². The van der Waals surface area contributed by atoms with Crippen molar-refractivity contribution in [2.24, 2.45) is 0 Å². The first-order chi connectivity index (χ1) is 14.0. The summed E-state index contributed by atoms with van der Waals surface area (Å²) >= 11 is 0. The molecular formula is C24H30BNO3. The van der Waals surface area contributed by atoms with Gasteiger partial charge in [-0.25, -0.2) is 0 Å². The normalized spacial score (nSPS) is 10.1. The molecule has 0 aliphatic heterocycles. The zero-order chi connectivity index (χ0) is 21.2. The van der Waals surface area contributed by atoms with Crippen LogP contribution in [0.2, 0.25) is 0 Å². The Morgan fingerprint density at radius 2 is 0.724 bits per heavy atom. The maximum absolute atomic E-state index is 4.60. The Labute approximate surface area is 175 Å². The van der Waals surface area contributed by atoms with E-state index in [1.54, 1.807) is 0 Å². The Kier molecular flexibility index (Phi) is 8.93. The van der Waals surface area contributed by atoms with Crippen LogP contribution in [0.4, 0.5) is 17.1 Å². The van der Waals surface area contributed by atoms with Crippen LogP contribution in [-0.2, 0) is 14.0 Å². The molecule has 5 heteroatoms. The molecule has 3 aromatic carbocycles. The van der Waals surface area contributed by atoms with Crippen LogP contribution in [0.25, 0.3) is 0 Å². The number of rotatable bonds is 6. The molecule has 0 aliphatic rings. The molecule has 29 heavy (non-hydrogen) atoms. The van der Waals surface area contributed by atoms with E-state index in [2.05, 4.69) is 112 Å². The van der Waals surface area contributed by atoms with Gasteiger partial charge in [-0.1, -0.05) is 53.1 Å². The van der Waals surface area contributed by atoms with Crippen LogP contribution in [0.3, 0.4) is 0 Å². The number of nitrogens with zero attached hydrogens (tertiary/aromatic N) is 1. The summed E-state index contributed by atoms with van der Waals surface area (Å²) < 4.78 is 13.8. The fourth-order valence-electron chi connectivity index (χ4n) is 2.82. The minimum absolute atomic E-state index is 0.514. The maximum Gasteiger partial charge on any atom is 0.638 e. The van der Waals surface area contributed by atoms with Crippen LogP contribution in [0.1, 0.15) is 16.7 Å². The largest absolute Gasteiger partial charge is 0.638 e. The van der Waals surface area contributed by atoms with E-state index in [9.17, 15) is 0 Å². The predicted molar refractivity (Wildman–Crippen MR) is 122 cm³/mol. The molecule has 0 heterocycles. The SMILES string of the molecule is COB(OC)OC.Cc1ccc(N(c2ccc(C)cc2)c2ccc(C)cc2)cc1. The third-order valence-electron chi connectivity index (χ3n) is 4.45. The second kappa shape index (κ2) is 11.4. The van der Waals surface area contributed by atoms with E-state index in [-0.39, 0.29) is 0 Å². The fourth-order valence-corrected chi connectivity index (χ4v) is 2.82. The molecule has 0 atom stereocenters. The smallest absolute Gasteiger partial charge is 0.389 e. The molecule has 0 N–H and O–H groups in total. The van der Waals surface area contributed by atoms with Gasteiger partial charge in [-0.3, -0.25) is 0 Å². The van der Waals surface area contributed by atoms with Crippen molar-refractivity contribution in [3.8, 4) is 0 Å². The molecule has 0 saturated heterocycles. The van der Waals surface area contributed by atoms with E-state index >= 15 is 0 Å². The topological polar surface area (TPSA) is 30.9 Å². The Morgan fingerprint density at radius 1 is 0.483 bits per heavy atom. The standard InChI is InChI=1S/C21H21N.C3H9BO3/c1-16-4-10-19(11-5-16)22(20-12-6-17(2)7-13-20)21-14-8-18(3)9-15-21;1-5-4(6-2)7-3/h4-15H,1-3H3;1-3H3. The minimum Gasteiger partial charge on any atom is -0.389 e. The molecule has 0 bridgehead atoms. The molecule has 0 amide bonds. The lowest BCUT2D eigenvalue weighted by molar-refractivity contribution is 0.163. The first kappa shape index (κ1) is 22.7. The third-order valence-corrected chi connectivity index (χ3v) is 4.45. The highest BCUT2D eigenvalue weighted by atomic mass is 16.7. The quantitative estimate of drug-likeness (QED) is 0.483. The summed E-state index contributed by atoms with van der Waals surface area (Å²) in [5.41, 5.74) is 7.36. The van der Waals surface area contributed by atoms with Crippen molar-refractivity contribution < 1.29 is 14.0 Å². The van der Waals surface area contributed by atoms with E-state index in [4.69, 9.17) is 0 Å². The van der Waals surface area contributed by atoms with Gasteiger partial charge in [0.15, 0.2) is 0 Å². The summed E-state index contributed by atoms with van der Waals surface area (Å²) in [5, 5.41) is 0. The second-order valence-corrected chi connectivity index (χ2v) is 6.84. The van der Waals surface area contributed by atoms with Gasteiger partial charge in [0.05, 0.1) is 0 Å². The van der Waals surface area contributed by atoms with Crippen LogP contribution in [0.5, 0.6) is 0 Å². The molecule has 0 fully saturated rings. The van der Waals surface area contributed by atoms with Crippen LogP contribution in [-0.4, -0.2) is 28.7 Å². The molecule has 4 nitrogen and oxygen atoms in total. The Balaban J connectivity index is 0.000000370. The summed E-state index contributed by atoms with van der Waals surface area (Å²) in [6.07, 6.45) is 0. The molecule has 0 aliphatic carbocycles. The van der Waals surface area contributed by atoms with Gasteiger partial charge in [0.25, 0.3) is 0 Å². The molecule has 3 aromatic rings. The highest BCUT2D eigenvalue weighted by Crippen LogP contribution is 2.34. The summed E-state index contributed by atoms with van der Waals surface area (Å²) in [5.74, 6) is 0. The van der Waals surface area contributed by atoms with Crippen molar-refractivity contribution in [1.29, 1.82) is 0 Å². The lowest BCUT2D eigenvalue weighted by atomic mass is 10.1. The Hall–Kier alpha value is -2.60. The zero-order valence-corrected chi connectivity index (χ0v) is 18.2. The fraction of sp³-hybridized carbons (Fsp3) is 0.250. The van der Waals surface area contributed by atoms with E-state index in [1.165, 1.54) is 55.1 Å². The summed E-state index contributed by atoms with van der Waals surface area (Å²) in [6.45, 7) is 6.35. The molecule has 0 radical (unpaired) electrons. The number of hydrogen-bond donors (Lipinski definition) is 0. The Morgan fingerprint density at radius 3 is 0.897 bits per heavy atom. The molecule has 3 rings (SSSR count). The van der Waals surface area contributed by atoms with E-state index < -0.39 is 7.32 Å². The van der Waals surface area contributed by atoms with Crippen molar-refractivity contribution in [2.75, 3.05) is 26.2 Å². The van der Waals surface area contributed by atoms with Gasteiger partial charge in [-0.05, 0) is 57.2 Å². The van der Waals surface area contributed by atoms with Crippen LogP contribution in [0.15, 0.2) is 72.8 Å².